The monoisotopic (exact) mass is 186 g/mol. The number of benzene rings is 1. The Labute approximate surface area is 87.4 Å². The van der Waals surface area contributed by atoms with Crippen molar-refractivity contribution in [1.29, 1.82) is 0 Å². The summed E-state index contributed by atoms with van der Waals surface area (Å²) in [5, 5.41) is 0. The topological polar surface area (TPSA) is 0 Å². The molecule has 0 N–H and O–H groups in total. The second-order valence-electron chi connectivity index (χ2n) is 4.73. The minimum absolute atomic E-state index is 0.394. The van der Waals surface area contributed by atoms with E-state index in [1.807, 2.05) is 30.3 Å². The van der Waals surface area contributed by atoms with E-state index in [0.717, 1.165) is 18.4 Å². The lowest BCUT2D eigenvalue weighted by Crippen LogP contribution is -2.03. The predicted molar refractivity (Wildman–Crippen MR) is 62.0 cm³/mol. The van der Waals surface area contributed by atoms with Crippen LogP contribution in [0.15, 0.2) is 30.3 Å². The van der Waals surface area contributed by atoms with Crippen LogP contribution in [0, 0.1) is 17.3 Å². The zero-order valence-electron chi connectivity index (χ0n) is 9.30. The molecule has 0 aliphatic carbocycles. The van der Waals surface area contributed by atoms with E-state index >= 15 is 0 Å². The summed E-state index contributed by atoms with van der Waals surface area (Å²) in [6.45, 7) is 6.74. The van der Waals surface area contributed by atoms with Crippen LogP contribution in [0.4, 0.5) is 0 Å². The summed E-state index contributed by atoms with van der Waals surface area (Å²) in [5.74, 6) is 6.38. The van der Waals surface area contributed by atoms with Gasteiger partial charge in [0.05, 0.1) is 0 Å². The Hall–Kier alpha value is -1.22. The van der Waals surface area contributed by atoms with Crippen molar-refractivity contribution in [1.82, 2.24) is 0 Å². The third kappa shape index (κ3) is 4.72. The highest BCUT2D eigenvalue weighted by Crippen LogP contribution is 2.19. The van der Waals surface area contributed by atoms with E-state index in [4.69, 9.17) is 0 Å². The van der Waals surface area contributed by atoms with Gasteiger partial charge in [-0.2, -0.15) is 0 Å². The van der Waals surface area contributed by atoms with E-state index in [2.05, 4.69) is 32.6 Å². The van der Waals surface area contributed by atoms with Gasteiger partial charge in [-0.25, -0.2) is 0 Å². The minimum Gasteiger partial charge on any atom is -0.0979 e. The first kappa shape index (κ1) is 10.9. The predicted octanol–water partition coefficient (Wildman–Crippen LogP) is 3.86. The Morgan fingerprint density at radius 2 is 1.71 bits per heavy atom. The van der Waals surface area contributed by atoms with Crippen LogP contribution in [0.25, 0.3) is 0 Å². The maximum Gasteiger partial charge on any atom is 0.0245 e. The lowest BCUT2D eigenvalue weighted by atomic mass is 9.91. The van der Waals surface area contributed by atoms with Crippen molar-refractivity contribution >= 4 is 0 Å². The van der Waals surface area contributed by atoms with Gasteiger partial charge in [0.2, 0.25) is 0 Å². The zero-order chi connectivity index (χ0) is 10.4. The van der Waals surface area contributed by atoms with E-state index in [0.29, 0.717) is 5.41 Å². The van der Waals surface area contributed by atoms with Crippen molar-refractivity contribution in [3.63, 3.8) is 0 Å². The van der Waals surface area contributed by atoms with Crippen molar-refractivity contribution in [3.05, 3.63) is 35.9 Å². The van der Waals surface area contributed by atoms with Gasteiger partial charge >= 0.3 is 0 Å². The summed E-state index contributed by atoms with van der Waals surface area (Å²) in [6, 6.07) is 10.1. The van der Waals surface area contributed by atoms with Crippen LogP contribution in [0.3, 0.4) is 0 Å². The maximum atomic E-state index is 3.21. The van der Waals surface area contributed by atoms with Crippen LogP contribution in [0.1, 0.15) is 39.2 Å². The van der Waals surface area contributed by atoms with E-state index in [-0.39, 0.29) is 0 Å². The fourth-order valence-electron chi connectivity index (χ4n) is 1.12. The van der Waals surface area contributed by atoms with Crippen LogP contribution in [-0.2, 0) is 0 Å². The van der Waals surface area contributed by atoms with E-state index < -0.39 is 0 Å². The first-order valence-electron chi connectivity index (χ1n) is 5.12. The Morgan fingerprint density at radius 1 is 1.07 bits per heavy atom. The van der Waals surface area contributed by atoms with Crippen LogP contribution in [-0.4, -0.2) is 0 Å². The Morgan fingerprint density at radius 3 is 2.29 bits per heavy atom. The molecule has 0 saturated heterocycles. The smallest absolute Gasteiger partial charge is 0.0245 e. The van der Waals surface area contributed by atoms with Crippen molar-refractivity contribution in [2.45, 2.75) is 33.6 Å². The van der Waals surface area contributed by atoms with Gasteiger partial charge in [0.25, 0.3) is 0 Å². The van der Waals surface area contributed by atoms with Gasteiger partial charge in [0, 0.05) is 12.0 Å². The van der Waals surface area contributed by atoms with Crippen molar-refractivity contribution < 1.29 is 0 Å². The lowest BCUT2D eigenvalue weighted by molar-refractivity contribution is 0.384. The second kappa shape index (κ2) is 4.86. The summed E-state index contributed by atoms with van der Waals surface area (Å²) >= 11 is 0. The van der Waals surface area contributed by atoms with Crippen molar-refractivity contribution in [2.24, 2.45) is 5.41 Å². The highest BCUT2D eigenvalue weighted by molar-refractivity contribution is 5.33. The summed E-state index contributed by atoms with van der Waals surface area (Å²) in [6.07, 6.45) is 2.14. The molecule has 0 aliphatic rings. The molecule has 1 aromatic rings. The molecule has 0 spiro atoms. The Kier molecular flexibility index (Phi) is 3.77. The average Bonchev–Trinajstić information content (AvgIpc) is 2.13. The molecule has 0 atom stereocenters. The molecular formula is C14H18. The van der Waals surface area contributed by atoms with Gasteiger partial charge in [-0.05, 0) is 24.0 Å². The van der Waals surface area contributed by atoms with Gasteiger partial charge in [-0.3, -0.25) is 0 Å². The average molecular weight is 186 g/mol. The third-order valence-corrected chi connectivity index (χ3v) is 2.01. The van der Waals surface area contributed by atoms with Crippen molar-refractivity contribution in [2.75, 3.05) is 0 Å². The summed E-state index contributed by atoms with van der Waals surface area (Å²) in [5.41, 5.74) is 1.51. The van der Waals surface area contributed by atoms with Crippen LogP contribution in [0.5, 0.6) is 0 Å². The molecular weight excluding hydrogens is 168 g/mol. The van der Waals surface area contributed by atoms with E-state index in [9.17, 15) is 0 Å². The second-order valence-corrected chi connectivity index (χ2v) is 4.73. The molecule has 0 bridgehead atoms. The maximum absolute atomic E-state index is 3.21. The highest BCUT2D eigenvalue weighted by atomic mass is 14.1. The van der Waals surface area contributed by atoms with Crippen LogP contribution >= 0.6 is 0 Å². The molecule has 0 heterocycles. The Balaban J connectivity index is 2.42. The zero-order valence-corrected chi connectivity index (χ0v) is 9.30. The molecule has 74 valence electrons. The summed E-state index contributed by atoms with van der Waals surface area (Å²) < 4.78 is 0. The van der Waals surface area contributed by atoms with Gasteiger partial charge in [0.1, 0.15) is 0 Å². The third-order valence-electron chi connectivity index (χ3n) is 2.01. The molecule has 1 aromatic carbocycles. The largest absolute Gasteiger partial charge is 0.0979 e. The summed E-state index contributed by atoms with van der Waals surface area (Å²) in [7, 11) is 0. The van der Waals surface area contributed by atoms with Gasteiger partial charge in [0.15, 0.2) is 0 Å². The quantitative estimate of drug-likeness (QED) is 0.584. The molecule has 0 heteroatoms. The van der Waals surface area contributed by atoms with Gasteiger partial charge in [-0.1, -0.05) is 50.8 Å². The molecule has 14 heavy (non-hydrogen) atoms. The van der Waals surface area contributed by atoms with E-state index in [1.165, 1.54) is 0 Å². The number of hydrogen-bond acceptors (Lipinski definition) is 0. The molecule has 1 rings (SSSR count). The Bertz CT molecular complexity index is 317. The standard InChI is InChI=1S/C14H18/c1-14(2,3)12-8-7-11-13-9-5-4-6-10-13/h4-6,9-10H,8,12H2,1-3H3. The molecule has 0 radical (unpaired) electrons. The number of rotatable bonds is 1. The lowest BCUT2D eigenvalue weighted by Gasteiger charge is -2.15. The van der Waals surface area contributed by atoms with Crippen LogP contribution in [0.2, 0.25) is 0 Å². The van der Waals surface area contributed by atoms with E-state index in [1.54, 1.807) is 0 Å². The molecule has 0 amide bonds. The van der Waals surface area contributed by atoms with Crippen LogP contribution < -0.4 is 0 Å². The van der Waals surface area contributed by atoms with Crippen molar-refractivity contribution in [3.8, 4) is 11.8 Å². The van der Waals surface area contributed by atoms with Gasteiger partial charge < -0.3 is 0 Å². The fraction of sp³-hybridized carbons (Fsp3) is 0.429. The molecule has 0 aliphatic heterocycles. The molecule has 0 aromatic heterocycles. The first-order valence-corrected chi connectivity index (χ1v) is 5.12. The molecule has 0 nitrogen and oxygen atoms in total. The summed E-state index contributed by atoms with van der Waals surface area (Å²) in [4.78, 5) is 0. The molecule has 0 saturated carbocycles. The SMILES string of the molecule is CC(C)(C)CCC#Cc1ccccc1. The minimum atomic E-state index is 0.394. The highest BCUT2D eigenvalue weighted by Gasteiger charge is 2.07. The molecule has 0 unspecified atom stereocenters. The normalized spacial score (nSPS) is 10.5. The van der Waals surface area contributed by atoms with Gasteiger partial charge in [-0.15, -0.1) is 0 Å². The first-order chi connectivity index (χ1) is 6.58. The fourth-order valence-corrected chi connectivity index (χ4v) is 1.12. The number of hydrogen-bond donors (Lipinski definition) is 0. The molecule has 0 fully saturated rings.